The van der Waals surface area contributed by atoms with Gasteiger partial charge in [-0.25, -0.2) is 4.98 Å². The maximum absolute atomic E-state index is 12.3. The Bertz CT molecular complexity index is 1160. The van der Waals surface area contributed by atoms with Crippen molar-refractivity contribution in [3.05, 3.63) is 75.3 Å². The average molecular weight is 385 g/mol. The first-order valence-electron chi connectivity index (χ1n) is 7.81. The fourth-order valence-electron chi connectivity index (χ4n) is 2.58. The molecule has 0 amide bonds. The van der Waals surface area contributed by atoms with E-state index in [-0.39, 0.29) is 5.56 Å². The number of thioether (sulfide) groups is 1. The summed E-state index contributed by atoms with van der Waals surface area (Å²) in [6.45, 7) is 1.88. The van der Waals surface area contributed by atoms with Crippen LogP contribution in [0.15, 0.2) is 63.0 Å². The second kappa shape index (κ2) is 6.93. The third-order valence-corrected chi connectivity index (χ3v) is 4.84. The SMILES string of the molecule is Cc1cccc2nc(CSc3nnc(-c4cccc(Cl)c4)o3)cc(=O)n12. The first-order valence-corrected chi connectivity index (χ1v) is 9.17. The van der Waals surface area contributed by atoms with Crippen LogP contribution in [0.5, 0.6) is 0 Å². The fraction of sp³-hybridized carbons (Fsp3) is 0.111. The Hall–Kier alpha value is -2.64. The van der Waals surface area contributed by atoms with Crippen LogP contribution in [0.25, 0.3) is 17.1 Å². The first-order chi connectivity index (χ1) is 12.6. The van der Waals surface area contributed by atoms with Crippen molar-refractivity contribution in [3.63, 3.8) is 0 Å². The Labute approximate surface area is 157 Å². The van der Waals surface area contributed by atoms with Gasteiger partial charge in [-0.15, -0.1) is 10.2 Å². The van der Waals surface area contributed by atoms with E-state index in [1.807, 2.05) is 37.3 Å². The van der Waals surface area contributed by atoms with Crippen LogP contribution in [-0.4, -0.2) is 19.6 Å². The van der Waals surface area contributed by atoms with Crippen molar-refractivity contribution in [2.45, 2.75) is 17.9 Å². The molecule has 4 rings (SSSR count). The lowest BCUT2D eigenvalue weighted by atomic mass is 10.2. The Morgan fingerprint density at radius 3 is 2.85 bits per heavy atom. The van der Waals surface area contributed by atoms with Crippen LogP contribution in [0.1, 0.15) is 11.4 Å². The molecule has 0 fully saturated rings. The molecule has 0 bridgehead atoms. The van der Waals surface area contributed by atoms with Gasteiger partial charge in [0.2, 0.25) is 5.89 Å². The fourth-order valence-corrected chi connectivity index (χ4v) is 3.43. The van der Waals surface area contributed by atoms with Crippen molar-refractivity contribution in [3.8, 4) is 11.5 Å². The maximum Gasteiger partial charge on any atom is 0.277 e. The molecule has 0 N–H and O–H groups in total. The molecular weight excluding hydrogens is 372 g/mol. The Kier molecular flexibility index (Phi) is 4.48. The van der Waals surface area contributed by atoms with Gasteiger partial charge in [-0.05, 0) is 37.3 Å². The van der Waals surface area contributed by atoms with E-state index in [0.29, 0.717) is 33.2 Å². The molecule has 0 atom stereocenters. The van der Waals surface area contributed by atoms with Crippen molar-refractivity contribution in [2.24, 2.45) is 0 Å². The van der Waals surface area contributed by atoms with E-state index in [1.165, 1.54) is 17.8 Å². The number of hydrogen-bond acceptors (Lipinski definition) is 6. The van der Waals surface area contributed by atoms with E-state index >= 15 is 0 Å². The summed E-state index contributed by atoms with van der Waals surface area (Å²) in [6.07, 6.45) is 0. The molecule has 0 spiro atoms. The summed E-state index contributed by atoms with van der Waals surface area (Å²) < 4.78 is 7.24. The lowest BCUT2D eigenvalue weighted by Crippen LogP contribution is -2.17. The molecule has 3 heterocycles. The number of aromatic nitrogens is 4. The van der Waals surface area contributed by atoms with E-state index in [9.17, 15) is 4.79 Å². The molecule has 3 aromatic heterocycles. The van der Waals surface area contributed by atoms with Crippen LogP contribution in [0.2, 0.25) is 5.02 Å². The highest BCUT2D eigenvalue weighted by Gasteiger charge is 2.11. The molecule has 6 nitrogen and oxygen atoms in total. The van der Waals surface area contributed by atoms with Gasteiger partial charge in [-0.1, -0.05) is 35.5 Å². The Balaban J connectivity index is 1.55. The molecular formula is C18H13ClN4O2S. The first kappa shape index (κ1) is 16.8. The molecule has 0 aliphatic carbocycles. The van der Waals surface area contributed by atoms with Crippen LogP contribution < -0.4 is 5.56 Å². The zero-order valence-electron chi connectivity index (χ0n) is 13.7. The summed E-state index contributed by atoms with van der Waals surface area (Å²) in [5, 5.41) is 9.08. The zero-order chi connectivity index (χ0) is 18.1. The normalized spacial score (nSPS) is 11.2. The summed E-state index contributed by atoms with van der Waals surface area (Å²) in [6, 6.07) is 14.3. The number of nitrogens with zero attached hydrogens (tertiary/aromatic N) is 4. The smallest absolute Gasteiger partial charge is 0.277 e. The molecule has 4 aromatic rings. The highest BCUT2D eigenvalue weighted by Crippen LogP contribution is 2.26. The predicted octanol–water partition coefficient (Wildman–Crippen LogP) is 4.00. The van der Waals surface area contributed by atoms with Gasteiger partial charge in [0, 0.05) is 28.1 Å². The molecule has 26 heavy (non-hydrogen) atoms. The van der Waals surface area contributed by atoms with Gasteiger partial charge in [-0.3, -0.25) is 9.20 Å². The summed E-state index contributed by atoms with van der Waals surface area (Å²) >= 11 is 7.31. The monoisotopic (exact) mass is 384 g/mol. The van der Waals surface area contributed by atoms with E-state index in [1.54, 1.807) is 16.5 Å². The van der Waals surface area contributed by atoms with Crippen LogP contribution >= 0.6 is 23.4 Å². The average Bonchev–Trinajstić information content (AvgIpc) is 3.09. The highest BCUT2D eigenvalue weighted by molar-refractivity contribution is 7.98. The lowest BCUT2D eigenvalue weighted by molar-refractivity contribution is 0.466. The molecule has 0 saturated heterocycles. The number of hydrogen-bond donors (Lipinski definition) is 0. The van der Waals surface area contributed by atoms with Gasteiger partial charge < -0.3 is 4.42 Å². The van der Waals surface area contributed by atoms with Gasteiger partial charge >= 0.3 is 0 Å². The number of aryl methyl sites for hydroxylation is 1. The van der Waals surface area contributed by atoms with E-state index < -0.39 is 0 Å². The molecule has 130 valence electrons. The quantitative estimate of drug-likeness (QED) is 0.495. The van der Waals surface area contributed by atoms with E-state index in [2.05, 4.69) is 15.2 Å². The summed E-state index contributed by atoms with van der Waals surface area (Å²) in [5.74, 6) is 0.855. The number of benzene rings is 1. The minimum absolute atomic E-state index is 0.103. The summed E-state index contributed by atoms with van der Waals surface area (Å²) in [7, 11) is 0. The molecule has 0 unspecified atom stereocenters. The second-order valence-electron chi connectivity index (χ2n) is 5.62. The number of halogens is 1. The highest BCUT2D eigenvalue weighted by atomic mass is 35.5. The summed E-state index contributed by atoms with van der Waals surface area (Å²) in [4.78, 5) is 16.8. The molecule has 0 aliphatic rings. The van der Waals surface area contributed by atoms with Crippen molar-refractivity contribution >= 4 is 29.0 Å². The molecule has 0 radical (unpaired) electrons. The van der Waals surface area contributed by atoms with Crippen molar-refractivity contribution in [2.75, 3.05) is 0 Å². The minimum atomic E-state index is -0.103. The largest absolute Gasteiger partial charge is 0.411 e. The standard InChI is InChI=1S/C18H13ClN4O2S/c1-11-4-2-7-15-20-14(9-16(24)23(11)15)10-26-18-22-21-17(25-18)12-5-3-6-13(19)8-12/h2-9H,10H2,1H3. The summed E-state index contributed by atoms with van der Waals surface area (Å²) in [5.41, 5.74) is 2.79. The molecule has 0 aliphatic heterocycles. The van der Waals surface area contributed by atoms with Crippen molar-refractivity contribution in [1.82, 2.24) is 19.6 Å². The van der Waals surface area contributed by atoms with Crippen molar-refractivity contribution < 1.29 is 4.42 Å². The lowest BCUT2D eigenvalue weighted by Gasteiger charge is -2.05. The second-order valence-corrected chi connectivity index (χ2v) is 6.98. The Morgan fingerprint density at radius 1 is 1.15 bits per heavy atom. The molecule has 8 heteroatoms. The third-order valence-electron chi connectivity index (χ3n) is 3.75. The molecule has 0 saturated carbocycles. The van der Waals surface area contributed by atoms with Crippen molar-refractivity contribution in [1.29, 1.82) is 0 Å². The number of fused-ring (bicyclic) bond motifs is 1. The maximum atomic E-state index is 12.3. The number of pyridine rings is 1. The Morgan fingerprint density at radius 2 is 2.00 bits per heavy atom. The van der Waals surface area contributed by atoms with Gasteiger partial charge in [-0.2, -0.15) is 0 Å². The zero-order valence-corrected chi connectivity index (χ0v) is 15.3. The van der Waals surface area contributed by atoms with Crippen LogP contribution in [0, 0.1) is 6.92 Å². The van der Waals surface area contributed by atoms with Gasteiger partial charge in [0.05, 0.1) is 5.69 Å². The number of rotatable bonds is 4. The van der Waals surface area contributed by atoms with Gasteiger partial charge in [0.15, 0.2) is 0 Å². The predicted molar refractivity (Wildman–Crippen MR) is 101 cm³/mol. The van der Waals surface area contributed by atoms with Gasteiger partial charge in [0.25, 0.3) is 10.8 Å². The van der Waals surface area contributed by atoms with E-state index in [0.717, 1.165) is 11.3 Å². The van der Waals surface area contributed by atoms with E-state index in [4.69, 9.17) is 16.0 Å². The van der Waals surface area contributed by atoms with Crippen LogP contribution in [-0.2, 0) is 5.75 Å². The minimum Gasteiger partial charge on any atom is -0.411 e. The topological polar surface area (TPSA) is 73.3 Å². The molecule has 1 aromatic carbocycles. The van der Waals surface area contributed by atoms with Crippen LogP contribution in [0.4, 0.5) is 0 Å². The third kappa shape index (κ3) is 3.36. The van der Waals surface area contributed by atoms with Crippen LogP contribution in [0.3, 0.4) is 0 Å². The van der Waals surface area contributed by atoms with Gasteiger partial charge in [0.1, 0.15) is 5.65 Å².